The number of nitrogens with zero attached hydrogens (tertiary/aromatic N) is 1. The molecule has 7 heteroatoms. The molecule has 2 aromatic carbocycles. The van der Waals surface area contributed by atoms with Crippen LogP contribution in [0.25, 0.3) is 0 Å². The van der Waals surface area contributed by atoms with Crippen molar-refractivity contribution in [2.45, 2.75) is 70.5 Å². The van der Waals surface area contributed by atoms with E-state index < -0.39 is 0 Å². The number of nitrogens with one attached hydrogen (secondary N) is 2. The topological polar surface area (TPSA) is 96.7 Å². The lowest BCUT2D eigenvalue weighted by Crippen LogP contribution is -2.49. The van der Waals surface area contributed by atoms with E-state index in [-0.39, 0.29) is 29.3 Å². The lowest BCUT2D eigenvalue weighted by Gasteiger charge is -2.29. The second-order valence-electron chi connectivity index (χ2n) is 11.1. The van der Waals surface area contributed by atoms with Crippen molar-refractivity contribution in [2.24, 2.45) is 5.73 Å². The van der Waals surface area contributed by atoms with E-state index in [9.17, 15) is 9.59 Å². The maximum absolute atomic E-state index is 13.2. The highest BCUT2D eigenvalue weighted by atomic mass is 16.5. The molecule has 2 fully saturated rings. The zero-order valence-corrected chi connectivity index (χ0v) is 21.8. The number of hydrogen-bond donors (Lipinski definition) is 3. The number of hydrogen-bond acceptors (Lipinski definition) is 5. The molecule has 7 nitrogen and oxygen atoms in total. The van der Waals surface area contributed by atoms with E-state index in [4.69, 9.17) is 10.5 Å². The molecular formula is C29H40N4O3. The van der Waals surface area contributed by atoms with E-state index in [0.29, 0.717) is 36.6 Å². The molecule has 0 aromatic heterocycles. The van der Waals surface area contributed by atoms with Crippen molar-refractivity contribution >= 4 is 17.5 Å². The number of carbonyl (C=O) groups is 2. The molecule has 36 heavy (non-hydrogen) atoms. The Hall–Kier alpha value is -2.74. The Balaban J connectivity index is 1.55. The van der Waals surface area contributed by atoms with E-state index in [1.165, 1.54) is 5.56 Å². The smallest absolute Gasteiger partial charge is 0.255 e. The van der Waals surface area contributed by atoms with Crippen LogP contribution in [0.3, 0.4) is 0 Å². The van der Waals surface area contributed by atoms with Crippen LogP contribution in [-0.2, 0) is 16.7 Å². The first kappa shape index (κ1) is 26.3. The summed E-state index contributed by atoms with van der Waals surface area (Å²) in [5.74, 6) is -0.342. The minimum atomic E-state index is -0.189. The average molecular weight is 493 g/mol. The first-order valence-electron chi connectivity index (χ1n) is 13.1. The van der Waals surface area contributed by atoms with Gasteiger partial charge in [0.25, 0.3) is 11.8 Å². The highest BCUT2D eigenvalue weighted by molar-refractivity contribution is 6.05. The highest BCUT2D eigenvalue weighted by Crippen LogP contribution is 2.25. The summed E-state index contributed by atoms with van der Waals surface area (Å²) in [7, 11) is 0. The van der Waals surface area contributed by atoms with Gasteiger partial charge < -0.3 is 21.1 Å². The van der Waals surface area contributed by atoms with Gasteiger partial charge in [0.05, 0.1) is 13.2 Å². The second kappa shape index (κ2) is 11.5. The fourth-order valence-electron chi connectivity index (χ4n) is 4.88. The Morgan fingerprint density at radius 2 is 1.64 bits per heavy atom. The van der Waals surface area contributed by atoms with E-state index in [1.54, 1.807) is 6.07 Å². The average Bonchev–Trinajstić information content (AvgIpc) is 2.86. The quantitative estimate of drug-likeness (QED) is 0.565. The molecule has 194 valence electrons. The number of ether oxygens (including phenoxy) is 1. The Kier molecular flexibility index (Phi) is 8.44. The van der Waals surface area contributed by atoms with Gasteiger partial charge in [-0.05, 0) is 53.6 Å². The maximum atomic E-state index is 13.2. The Labute approximate surface area is 214 Å². The van der Waals surface area contributed by atoms with E-state index in [2.05, 4.69) is 36.3 Å². The van der Waals surface area contributed by atoms with Crippen LogP contribution in [0.1, 0.15) is 78.3 Å². The largest absolute Gasteiger partial charge is 0.379 e. The van der Waals surface area contributed by atoms with Crippen molar-refractivity contribution in [3.8, 4) is 0 Å². The van der Waals surface area contributed by atoms with Gasteiger partial charge in [-0.25, -0.2) is 0 Å². The van der Waals surface area contributed by atoms with Crippen LogP contribution >= 0.6 is 0 Å². The zero-order chi connectivity index (χ0) is 25.7. The minimum Gasteiger partial charge on any atom is -0.379 e. The molecule has 1 aliphatic carbocycles. The summed E-state index contributed by atoms with van der Waals surface area (Å²) in [6, 6.07) is 13.3. The normalized spacial score (nSPS) is 21.1. The van der Waals surface area contributed by atoms with Crippen LogP contribution in [0.15, 0.2) is 42.5 Å². The molecule has 0 spiro atoms. The van der Waals surface area contributed by atoms with Crippen molar-refractivity contribution in [1.82, 2.24) is 10.2 Å². The van der Waals surface area contributed by atoms with Crippen LogP contribution in [0, 0.1) is 0 Å². The molecule has 1 aliphatic heterocycles. The number of nitrogens with two attached hydrogens (primary N) is 1. The monoisotopic (exact) mass is 492 g/mol. The van der Waals surface area contributed by atoms with Gasteiger partial charge in [0, 0.05) is 48.5 Å². The molecule has 2 aliphatic rings. The van der Waals surface area contributed by atoms with Gasteiger partial charge in [-0.2, -0.15) is 0 Å². The third kappa shape index (κ3) is 6.72. The summed E-state index contributed by atoms with van der Waals surface area (Å²) >= 11 is 0. The molecule has 2 unspecified atom stereocenters. The molecular weight excluding hydrogens is 452 g/mol. The van der Waals surface area contributed by atoms with Crippen LogP contribution in [0.5, 0.6) is 0 Å². The first-order valence-corrected chi connectivity index (χ1v) is 13.1. The van der Waals surface area contributed by atoms with Crippen molar-refractivity contribution in [3.63, 3.8) is 0 Å². The summed E-state index contributed by atoms with van der Waals surface area (Å²) in [5.41, 5.74) is 10.2. The fraction of sp³-hybridized carbons (Fsp3) is 0.517. The summed E-state index contributed by atoms with van der Waals surface area (Å²) in [4.78, 5) is 28.6. The highest BCUT2D eigenvalue weighted by Gasteiger charge is 2.24. The Morgan fingerprint density at radius 3 is 2.31 bits per heavy atom. The zero-order valence-electron chi connectivity index (χ0n) is 21.8. The number of amides is 2. The Bertz CT molecular complexity index is 1060. The standard InChI is InChI=1S/C29H40N4O3/c1-29(2,3)23-12-10-20(11-13-23)27(34)32-26-18-21(28(35)31-25-7-5-4-6-24(25)30)8-9-22(26)19-33-14-16-36-17-15-33/h8-13,18,24-25H,4-7,14-17,19,30H2,1-3H3,(H,31,35)(H,32,34). The molecule has 0 radical (unpaired) electrons. The van der Waals surface area contributed by atoms with E-state index >= 15 is 0 Å². The SMILES string of the molecule is CC(C)(C)c1ccc(C(=O)Nc2cc(C(=O)NC3CCCCC3N)ccc2CN2CCOCC2)cc1. The third-order valence-corrected chi connectivity index (χ3v) is 7.27. The number of anilines is 1. The fourth-order valence-corrected chi connectivity index (χ4v) is 4.88. The van der Waals surface area contributed by atoms with Gasteiger partial charge in [0.2, 0.25) is 0 Å². The van der Waals surface area contributed by atoms with Crippen LogP contribution in [0.2, 0.25) is 0 Å². The number of benzene rings is 2. The van der Waals surface area contributed by atoms with Gasteiger partial charge in [-0.1, -0.05) is 51.8 Å². The number of carbonyl (C=O) groups excluding carboxylic acids is 2. The van der Waals surface area contributed by atoms with Crippen LogP contribution in [-0.4, -0.2) is 55.1 Å². The van der Waals surface area contributed by atoms with Gasteiger partial charge in [0.1, 0.15) is 0 Å². The van der Waals surface area contributed by atoms with Crippen molar-refractivity contribution in [1.29, 1.82) is 0 Å². The molecule has 4 rings (SSSR count). The molecule has 1 saturated heterocycles. The number of rotatable bonds is 6. The van der Waals surface area contributed by atoms with E-state index in [0.717, 1.165) is 44.3 Å². The molecule has 2 atom stereocenters. The van der Waals surface area contributed by atoms with Crippen LogP contribution < -0.4 is 16.4 Å². The predicted octanol–water partition coefficient (Wildman–Crippen LogP) is 4.07. The summed E-state index contributed by atoms with van der Waals surface area (Å²) in [6.07, 6.45) is 4.01. The van der Waals surface area contributed by atoms with Crippen molar-refractivity contribution < 1.29 is 14.3 Å². The van der Waals surface area contributed by atoms with Gasteiger partial charge in [0.15, 0.2) is 0 Å². The molecule has 4 N–H and O–H groups in total. The Morgan fingerprint density at radius 1 is 0.972 bits per heavy atom. The lowest BCUT2D eigenvalue weighted by molar-refractivity contribution is 0.0342. The third-order valence-electron chi connectivity index (χ3n) is 7.27. The summed E-state index contributed by atoms with van der Waals surface area (Å²) in [6.45, 7) is 10.2. The minimum absolute atomic E-state index is 0.0151. The summed E-state index contributed by atoms with van der Waals surface area (Å²) in [5, 5.41) is 6.20. The molecule has 1 saturated carbocycles. The van der Waals surface area contributed by atoms with Gasteiger partial charge in [-0.15, -0.1) is 0 Å². The second-order valence-corrected chi connectivity index (χ2v) is 11.1. The van der Waals surface area contributed by atoms with Crippen LogP contribution in [0.4, 0.5) is 5.69 Å². The molecule has 0 bridgehead atoms. The lowest BCUT2D eigenvalue weighted by atomic mass is 9.86. The maximum Gasteiger partial charge on any atom is 0.255 e. The predicted molar refractivity (Wildman–Crippen MR) is 143 cm³/mol. The number of morpholine rings is 1. The van der Waals surface area contributed by atoms with Crippen molar-refractivity contribution in [2.75, 3.05) is 31.6 Å². The van der Waals surface area contributed by atoms with Crippen molar-refractivity contribution in [3.05, 3.63) is 64.7 Å². The summed E-state index contributed by atoms with van der Waals surface area (Å²) < 4.78 is 5.48. The van der Waals surface area contributed by atoms with Gasteiger partial charge in [-0.3, -0.25) is 14.5 Å². The first-order chi connectivity index (χ1) is 17.2. The molecule has 2 amide bonds. The van der Waals surface area contributed by atoms with E-state index in [1.807, 2.05) is 36.4 Å². The molecule has 1 heterocycles. The van der Waals surface area contributed by atoms with Gasteiger partial charge >= 0.3 is 0 Å². The molecule has 2 aromatic rings.